The average molecular weight is 273 g/mol. The molecule has 20 heavy (non-hydrogen) atoms. The minimum atomic E-state index is -0.332. The van der Waals surface area contributed by atoms with Gasteiger partial charge in [0.05, 0.1) is 5.56 Å². The average Bonchev–Trinajstić information content (AvgIpc) is 2.45. The van der Waals surface area contributed by atoms with Crippen LogP contribution in [0.3, 0.4) is 0 Å². The molecule has 0 aromatic heterocycles. The van der Waals surface area contributed by atoms with Crippen LogP contribution < -0.4 is 5.32 Å². The van der Waals surface area contributed by atoms with E-state index in [1.165, 1.54) is 0 Å². The predicted molar refractivity (Wildman–Crippen MR) is 78.8 cm³/mol. The van der Waals surface area contributed by atoms with E-state index in [1.807, 2.05) is 38.1 Å². The van der Waals surface area contributed by atoms with E-state index in [9.17, 15) is 9.90 Å². The third-order valence-electron chi connectivity index (χ3n) is 3.61. The molecule has 3 N–H and O–H groups in total. The van der Waals surface area contributed by atoms with Gasteiger partial charge >= 0.3 is 0 Å². The van der Waals surface area contributed by atoms with Crippen LogP contribution in [-0.4, -0.2) is 28.8 Å². The zero-order valence-corrected chi connectivity index (χ0v) is 11.6. The van der Waals surface area contributed by atoms with Crippen molar-refractivity contribution in [3.8, 4) is 5.75 Å². The summed E-state index contributed by atoms with van der Waals surface area (Å²) in [6.45, 7) is 3.69. The summed E-state index contributed by atoms with van der Waals surface area (Å²) in [5, 5.41) is 23.6. The summed E-state index contributed by atoms with van der Waals surface area (Å²) in [4.78, 5) is 12.2. The van der Waals surface area contributed by atoms with Crippen molar-refractivity contribution >= 4 is 16.7 Å². The third kappa shape index (κ3) is 2.91. The number of amides is 1. The van der Waals surface area contributed by atoms with Crippen molar-refractivity contribution in [3.63, 3.8) is 0 Å². The number of aliphatic hydroxyl groups excluding tert-OH is 1. The summed E-state index contributed by atoms with van der Waals surface area (Å²) in [6.07, 6.45) is 0. The lowest BCUT2D eigenvalue weighted by molar-refractivity contribution is 0.0914. The molecule has 2 unspecified atom stereocenters. The highest BCUT2D eigenvalue weighted by Gasteiger charge is 2.17. The Balaban J connectivity index is 2.28. The van der Waals surface area contributed by atoms with E-state index in [2.05, 4.69) is 5.32 Å². The Morgan fingerprint density at radius 2 is 1.80 bits per heavy atom. The first-order valence-corrected chi connectivity index (χ1v) is 6.66. The number of aromatic hydroxyl groups is 1. The molecule has 0 radical (unpaired) electrons. The van der Waals surface area contributed by atoms with Gasteiger partial charge in [0.2, 0.25) is 0 Å². The SMILES string of the molecule is CC(CO)C(C)NC(=O)c1cc2ccccc2cc1O. The molecule has 0 fully saturated rings. The van der Waals surface area contributed by atoms with Crippen LogP contribution in [0.15, 0.2) is 36.4 Å². The van der Waals surface area contributed by atoms with E-state index >= 15 is 0 Å². The Hall–Kier alpha value is -2.07. The molecule has 0 spiro atoms. The Morgan fingerprint density at radius 1 is 1.20 bits per heavy atom. The highest BCUT2D eigenvalue weighted by atomic mass is 16.3. The first-order chi connectivity index (χ1) is 9.52. The van der Waals surface area contributed by atoms with E-state index < -0.39 is 0 Å². The van der Waals surface area contributed by atoms with Gasteiger partial charge in [0, 0.05) is 12.6 Å². The van der Waals surface area contributed by atoms with Gasteiger partial charge < -0.3 is 15.5 Å². The highest BCUT2D eigenvalue weighted by molar-refractivity contribution is 6.01. The molecule has 0 saturated carbocycles. The van der Waals surface area contributed by atoms with Crippen molar-refractivity contribution in [1.29, 1.82) is 0 Å². The number of fused-ring (bicyclic) bond motifs is 1. The zero-order chi connectivity index (χ0) is 14.7. The van der Waals surface area contributed by atoms with Crippen molar-refractivity contribution in [2.45, 2.75) is 19.9 Å². The smallest absolute Gasteiger partial charge is 0.255 e. The number of rotatable bonds is 4. The molecular weight excluding hydrogens is 254 g/mol. The number of phenolic OH excluding ortho intramolecular Hbond substituents is 1. The number of carbonyl (C=O) groups excluding carboxylic acids is 1. The number of phenols is 1. The van der Waals surface area contributed by atoms with Crippen LogP contribution in [0.1, 0.15) is 24.2 Å². The normalized spacial score (nSPS) is 13.9. The second kappa shape index (κ2) is 5.92. The van der Waals surface area contributed by atoms with Crippen molar-refractivity contribution < 1.29 is 15.0 Å². The second-order valence-electron chi connectivity index (χ2n) is 5.14. The van der Waals surface area contributed by atoms with Gasteiger partial charge in [0.15, 0.2) is 0 Å². The van der Waals surface area contributed by atoms with Crippen LogP contribution in [-0.2, 0) is 0 Å². The van der Waals surface area contributed by atoms with E-state index in [0.29, 0.717) is 0 Å². The van der Waals surface area contributed by atoms with Crippen LogP contribution in [0.25, 0.3) is 10.8 Å². The monoisotopic (exact) mass is 273 g/mol. The quantitative estimate of drug-likeness (QED) is 0.800. The van der Waals surface area contributed by atoms with Gasteiger partial charge in [0.1, 0.15) is 5.75 Å². The fourth-order valence-corrected chi connectivity index (χ4v) is 2.00. The summed E-state index contributed by atoms with van der Waals surface area (Å²) in [7, 11) is 0. The van der Waals surface area contributed by atoms with Gasteiger partial charge in [-0.3, -0.25) is 4.79 Å². The lowest BCUT2D eigenvalue weighted by Crippen LogP contribution is -2.38. The largest absolute Gasteiger partial charge is 0.507 e. The highest BCUT2D eigenvalue weighted by Crippen LogP contribution is 2.25. The van der Waals surface area contributed by atoms with Crippen LogP contribution in [0.4, 0.5) is 0 Å². The molecule has 0 aliphatic rings. The van der Waals surface area contributed by atoms with E-state index in [4.69, 9.17) is 5.11 Å². The standard InChI is InChI=1S/C16H19NO3/c1-10(9-18)11(2)17-16(20)14-7-12-5-3-4-6-13(12)8-15(14)19/h3-8,10-11,18-19H,9H2,1-2H3,(H,17,20). The van der Waals surface area contributed by atoms with Crippen LogP contribution in [0.2, 0.25) is 0 Å². The molecule has 2 rings (SSSR count). The van der Waals surface area contributed by atoms with Crippen molar-refractivity contribution in [2.24, 2.45) is 5.92 Å². The number of nitrogens with one attached hydrogen (secondary N) is 1. The fourth-order valence-electron chi connectivity index (χ4n) is 2.00. The molecule has 2 atom stereocenters. The minimum absolute atomic E-state index is 0.00511. The maximum atomic E-state index is 12.2. The summed E-state index contributed by atoms with van der Waals surface area (Å²) < 4.78 is 0. The van der Waals surface area contributed by atoms with Crippen molar-refractivity contribution in [2.75, 3.05) is 6.61 Å². The predicted octanol–water partition coefficient (Wildman–Crippen LogP) is 2.29. The molecule has 4 heteroatoms. The van der Waals surface area contributed by atoms with Crippen LogP contribution >= 0.6 is 0 Å². The van der Waals surface area contributed by atoms with E-state index in [1.54, 1.807) is 12.1 Å². The van der Waals surface area contributed by atoms with Gasteiger partial charge in [-0.2, -0.15) is 0 Å². The summed E-state index contributed by atoms with van der Waals surface area (Å²) in [6, 6.07) is 10.6. The molecule has 0 aliphatic carbocycles. The molecule has 0 heterocycles. The first kappa shape index (κ1) is 14.3. The molecule has 1 amide bonds. The third-order valence-corrected chi connectivity index (χ3v) is 3.61. The number of hydrogen-bond donors (Lipinski definition) is 3. The second-order valence-corrected chi connectivity index (χ2v) is 5.14. The molecular formula is C16H19NO3. The van der Waals surface area contributed by atoms with Crippen LogP contribution in [0.5, 0.6) is 5.75 Å². The topological polar surface area (TPSA) is 69.6 Å². The first-order valence-electron chi connectivity index (χ1n) is 6.66. The van der Waals surface area contributed by atoms with Gasteiger partial charge in [-0.25, -0.2) is 0 Å². The van der Waals surface area contributed by atoms with Crippen molar-refractivity contribution in [3.05, 3.63) is 42.0 Å². The van der Waals surface area contributed by atoms with Gasteiger partial charge in [0.25, 0.3) is 5.91 Å². The van der Waals surface area contributed by atoms with Crippen molar-refractivity contribution in [1.82, 2.24) is 5.32 Å². The maximum absolute atomic E-state index is 12.2. The Kier molecular flexibility index (Phi) is 4.25. The number of aliphatic hydroxyl groups is 1. The minimum Gasteiger partial charge on any atom is -0.507 e. The van der Waals surface area contributed by atoms with E-state index in [0.717, 1.165) is 10.8 Å². The number of benzene rings is 2. The van der Waals surface area contributed by atoms with Gasteiger partial charge in [-0.05, 0) is 35.7 Å². The van der Waals surface area contributed by atoms with Gasteiger partial charge in [-0.15, -0.1) is 0 Å². The van der Waals surface area contributed by atoms with E-state index in [-0.39, 0.29) is 35.8 Å². The molecule has 0 saturated heterocycles. The fraction of sp³-hybridized carbons (Fsp3) is 0.312. The lowest BCUT2D eigenvalue weighted by atomic mass is 10.0. The molecule has 106 valence electrons. The maximum Gasteiger partial charge on any atom is 0.255 e. The summed E-state index contributed by atoms with van der Waals surface area (Å²) in [5.41, 5.74) is 0.251. The Morgan fingerprint density at radius 3 is 2.40 bits per heavy atom. The summed E-state index contributed by atoms with van der Waals surface area (Å²) in [5.74, 6) is -0.410. The van der Waals surface area contributed by atoms with Gasteiger partial charge in [-0.1, -0.05) is 31.2 Å². The summed E-state index contributed by atoms with van der Waals surface area (Å²) >= 11 is 0. The molecule has 0 bridgehead atoms. The van der Waals surface area contributed by atoms with Crippen LogP contribution in [0, 0.1) is 5.92 Å². The lowest BCUT2D eigenvalue weighted by Gasteiger charge is -2.19. The molecule has 4 nitrogen and oxygen atoms in total. The Labute approximate surface area is 118 Å². The molecule has 2 aromatic carbocycles. The molecule has 0 aliphatic heterocycles. The number of carbonyl (C=O) groups is 1. The Bertz CT molecular complexity index is 624. The zero-order valence-electron chi connectivity index (χ0n) is 11.6. The number of hydrogen-bond acceptors (Lipinski definition) is 3. The molecule has 2 aromatic rings.